The van der Waals surface area contributed by atoms with E-state index in [1.807, 2.05) is 0 Å². The normalized spacial score (nSPS) is 33.9. The fraction of sp³-hybridized carbons (Fsp3) is 0.923. The van der Waals surface area contributed by atoms with Crippen molar-refractivity contribution in [1.82, 2.24) is 5.32 Å². The number of aliphatic hydroxyl groups is 1. The molecule has 0 aromatic rings. The van der Waals surface area contributed by atoms with Crippen molar-refractivity contribution in [2.75, 3.05) is 26.4 Å². The van der Waals surface area contributed by atoms with Gasteiger partial charge < -0.3 is 20.9 Å². The lowest BCUT2D eigenvalue weighted by Gasteiger charge is -2.27. The first-order chi connectivity index (χ1) is 8.74. The van der Waals surface area contributed by atoms with E-state index in [4.69, 9.17) is 15.6 Å². The zero-order chi connectivity index (χ0) is 13.0. The number of nitrogens with two attached hydrogens (primary N) is 1. The van der Waals surface area contributed by atoms with Gasteiger partial charge in [-0.2, -0.15) is 0 Å². The summed E-state index contributed by atoms with van der Waals surface area (Å²) in [6.07, 6.45) is 4.28. The van der Waals surface area contributed by atoms with Crippen molar-refractivity contribution in [3.05, 3.63) is 0 Å². The van der Waals surface area contributed by atoms with Crippen molar-refractivity contribution in [3.63, 3.8) is 0 Å². The first-order valence-corrected chi connectivity index (χ1v) is 6.96. The standard InChI is InChI=1S/C13H24N2O3/c14-12-10-3-2-9(8-10)11(12)13(17)15-4-1-6-18-7-5-16/h9-12,16H,1-8,14H2,(H,15,17). The van der Waals surface area contributed by atoms with Crippen LogP contribution >= 0.6 is 0 Å². The first-order valence-electron chi connectivity index (χ1n) is 6.96. The van der Waals surface area contributed by atoms with E-state index < -0.39 is 0 Å². The molecule has 104 valence electrons. The van der Waals surface area contributed by atoms with E-state index in [2.05, 4.69) is 5.32 Å². The summed E-state index contributed by atoms with van der Waals surface area (Å²) in [6.45, 7) is 1.62. The summed E-state index contributed by atoms with van der Waals surface area (Å²) in [4.78, 5) is 12.1. The number of hydrogen-bond acceptors (Lipinski definition) is 4. The second kappa shape index (κ2) is 6.50. The molecule has 0 aliphatic heterocycles. The van der Waals surface area contributed by atoms with Gasteiger partial charge >= 0.3 is 0 Å². The molecule has 1 amide bonds. The molecule has 0 heterocycles. The van der Waals surface area contributed by atoms with Gasteiger partial charge in [-0.05, 0) is 37.5 Å². The number of carbonyl (C=O) groups excluding carboxylic acids is 1. The van der Waals surface area contributed by atoms with Gasteiger partial charge in [0.2, 0.25) is 5.91 Å². The lowest BCUT2D eigenvalue weighted by atomic mass is 9.84. The average molecular weight is 256 g/mol. The third-order valence-electron chi connectivity index (χ3n) is 4.28. The van der Waals surface area contributed by atoms with Crippen LogP contribution in [0.5, 0.6) is 0 Å². The van der Waals surface area contributed by atoms with Gasteiger partial charge in [-0.3, -0.25) is 4.79 Å². The maximum atomic E-state index is 12.1. The lowest BCUT2D eigenvalue weighted by molar-refractivity contribution is -0.127. The Bertz CT molecular complexity index is 283. The van der Waals surface area contributed by atoms with Crippen LogP contribution < -0.4 is 11.1 Å². The Hall–Kier alpha value is -0.650. The van der Waals surface area contributed by atoms with Gasteiger partial charge in [0, 0.05) is 19.2 Å². The van der Waals surface area contributed by atoms with E-state index >= 15 is 0 Å². The molecular weight excluding hydrogens is 232 g/mol. The van der Waals surface area contributed by atoms with Crippen LogP contribution in [0, 0.1) is 17.8 Å². The maximum Gasteiger partial charge on any atom is 0.224 e. The monoisotopic (exact) mass is 256 g/mol. The van der Waals surface area contributed by atoms with E-state index in [0.29, 0.717) is 31.6 Å². The first kappa shape index (κ1) is 13.8. The molecule has 2 aliphatic carbocycles. The molecule has 2 rings (SSSR count). The topological polar surface area (TPSA) is 84.6 Å². The highest BCUT2D eigenvalue weighted by atomic mass is 16.5. The van der Waals surface area contributed by atoms with E-state index in [9.17, 15) is 4.79 Å². The van der Waals surface area contributed by atoms with E-state index in [0.717, 1.165) is 19.3 Å². The number of aliphatic hydroxyl groups excluding tert-OH is 1. The Kier molecular flexibility index (Phi) is 4.97. The number of ether oxygens (including phenoxy) is 1. The van der Waals surface area contributed by atoms with Crippen LogP contribution in [0.15, 0.2) is 0 Å². The van der Waals surface area contributed by atoms with Crippen molar-refractivity contribution < 1.29 is 14.6 Å². The molecule has 0 radical (unpaired) electrons. The third-order valence-corrected chi connectivity index (χ3v) is 4.28. The fourth-order valence-corrected chi connectivity index (χ4v) is 3.40. The van der Waals surface area contributed by atoms with Crippen LogP contribution in [0.4, 0.5) is 0 Å². The summed E-state index contributed by atoms with van der Waals surface area (Å²) in [6, 6.07) is 0.0642. The summed E-state index contributed by atoms with van der Waals surface area (Å²) >= 11 is 0. The Morgan fingerprint density at radius 1 is 1.33 bits per heavy atom. The largest absolute Gasteiger partial charge is 0.394 e. The van der Waals surface area contributed by atoms with Crippen LogP contribution in [-0.4, -0.2) is 43.4 Å². The second-order valence-electron chi connectivity index (χ2n) is 5.42. The van der Waals surface area contributed by atoms with Gasteiger partial charge in [0.1, 0.15) is 0 Å². The average Bonchev–Trinajstić information content (AvgIpc) is 2.94. The zero-order valence-electron chi connectivity index (χ0n) is 10.8. The number of amides is 1. The molecular formula is C13H24N2O3. The number of carbonyl (C=O) groups is 1. The Morgan fingerprint density at radius 2 is 2.11 bits per heavy atom. The number of fused-ring (bicyclic) bond motifs is 2. The quantitative estimate of drug-likeness (QED) is 0.554. The minimum absolute atomic E-state index is 0.0297. The number of hydrogen-bond donors (Lipinski definition) is 3. The number of nitrogens with one attached hydrogen (secondary N) is 1. The molecule has 4 N–H and O–H groups in total. The number of rotatable bonds is 7. The van der Waals surface area contributed by atoms with Crippen molar-refractivity contribution >= 4 is 5.91 Å². The van der Waals surface area contributed by atoms with Gasteiger partial charge in [-0.15, -0.1) is 0 Å². The van der Waals surface area contributed by atoms with Crippen LogP contribution in [0.3, 0.4) is 0 Å². The van der Waals surface area contributed by atoms with Gasteiger partial charge in [0.15, 0.2) is 0 Å². The molecule has 5 heteroatoms. The Balaban J connectivity index is 1.63. The minimum Gasteiger partial charge on any atom is -0.394 e. The maximum absolute atomic E-state index is 12.1. The molecule has 2 aliphatic rings. The molecule has 18 heavy (non-hydrogen) atoms. The molecule has 2 fully saturated rings. The second-order valence-corrected chi connectivity index (χ2v) is 5.42. The van der Waals surface area contributed by atoms with E-state index in [1.165, 1.54) is 6.42 Å². The Morgan fingerprint density at radius 3 is 2.78 bits per heavy atom. The molecule has 0 aromatic carbocycles. The van der Waals surface area contributed by atoms with E-state index in [-0.39, 0.29) is 24.5 Å². The smallest absolute Gasteiger partial charge is 0.224 e. The van der Waals surface area contributed by atoms with Crippen molar-refractivity contribution in [3.8, 4) is 0 Å². The zero-order valence-corrected chi connectivity index (χ0v) is 10.8. The summed E-state index contributed by atoms with van der Waals surface area (Å²) in [7, 11) is 0. The highest BCUT2D eigenvalue weighted by Gasteiger charge is 2.48. The molecule has 0 saturated heterocycles. The molecule has 2 saturated carbocycles. The van der Waals surface area contributed by atoms with Gasteiger partial charge in [-0.1, -0.05) is 0 Å². The molecule has 2 bridgehead atoms. The molecule has 0 spiro atoms. The molecule has 4 unspecified atom stereocenters. The van der Waals surface area contributed by atoms with Crippen molar-refractivity contribution in [2.45, 2.75) is 31.7 Å². The SMILES string of the molecule is NC1C2CCC(C2)C1C(=O)NCCCOCCO. The molecule has 5 nitrogen and oxygen atoms in total. The molecule has 0 aromatic heterocycles. The minimum atomic E-state index is 0.0297. The fourth-order valence-electron chi connectivity index (χ4n) is 3.40. The van der Waals surface area contributed by atoms with Gasteiger partial charge in [0.05, 0.1) is 19.1 Å². The van der Waals surface area contributed by atoms with Crippen molar-refractivity contribution in [2.24, 2.45) is 23.5 Å². The van der Waals surface area contributed by atoms with E-state index in [1.54, 1.807) is 0 Å². The Labute approximate surface area is 108 Å². The summed E-state index contributed by atoms with van der Waals surface area (Å²) in [5.41, 5.74) is 6.12. The lowest BCUT2D eigenvalue weighted by Crippen LogP contribution is -2.45. The highest BCUT2D eigenvalue weighted by Crippen LogP contribution is 2.47. The summed E-state index contributed by atoms with van der Waals surface area (Å²) < 4.78 is 5.13. The van der Waals surface area contributed by atoms with Gasteiger partial charge in [-0.25, -0.2) is 0 Å². The van der Waals surface area contributed by atoms with Crippen molar-refractivity contribution in [1.29, 1.82) is 0 Å². The summed E-state index contributed by atoms with van der Waals surface area (Å²) in [5, 5.41) is 11.5. The van der Waals surface area contributed by atoms with Crippen LogP contribution in [-0.2, 0) is 9.53 Å². The third kappa shape index (κ3) is 3.02. The van der Waals surface area contributed by atoms with Gasteiger partial charge in [0.25, 0.3) is 0 Å². The van der Waals surface area contributed by atoms with Crippen LogP contribution in [0.2, 0.25) is 0 Å². The predicted molar refractivity (Wildman–Crippen MR) is 67.8 cm³/mol. The molecule has 4 atom stereocenters. The predicted octanol–water partition coefficient (Wildman–Crippen LogP) is -0.125. The summed E-state index contributed by atoms with van der Waals surface area (Å²) in [5.74, 6) is 1.23. The van der Waals surface area contributed by atoms with Crippen LogP contribution in [0.1, 0.15) is 25.7 Å². The van der Waals surface area contributed by atoms with Crippen LogP contribution in [0.25, 0.3) is 0 Å². The highest BCUT2D eigenvalue weighted by molar-refractivity contribution is 5.80.